The van der Waals surface area contributed by atoms with Crippen molar-refractivity contribution in [3.8, 4) is 0 Å². The van der Waals surface area contributed by atoms with Crippen molar-refractivity contribution < 1.29 is 9.90 Å². The molecule has 1 fully saturated rings. The molecule has 0 spiro atoms. The Hall–Kier alpha value is -1.63. The average Bonchev–Trinajstić information content (AvgIpc) is 2.99. The number of aliphatic imine (C=N–C) groups is 1. The molecule has 26 heavy (non-hydrogen) atoms. The summed E-state index contributed by atoms with van der Waals surface area (Å²) in [6, 6.07) is 17.3. The summed E-state index contributed by atoms with van der Waals surface area (Å²) in [5.74, 6) is 0.935. The summed E-state index contributed by atoms with van der Waals surface area (Å²) in [6.45, 7) is 0. The molecule has 2 aromatic carbocycles. The number of rotatable bonds is 2. The predicted molar refractivity (Wildman–Crippen MR) is 108 cm³/mol. The minimum atomic E-state index is -0.478. The lowest BCUT2D eigenvalue weighted by Gasteiger charge is -2.36. The van der Waals surface area contributed by atoms with E-state index in [4.69, 9.17) is 4.99 Å². The zero-order chi connectivity index (χ0) is 18.1. The first-order valence-corrected chi connectivity index (χ1v) is 10.4. The molecule has 3 unspecified atom stereocenters. The van der Waals surface area contributed by atoms with E-state index in [0.717, 1.165) is 22.2 Å². The Morgan fingerprint density at radius 2 is 2.04 bits per heavy atom. The van der Waals surface area contributed by atoms with Crippen LogP contribution in [0.15, 0.2) is 64.1 Å². The molecular weight excluding hydrogens is 412 g/mol. The van der Waals surface area contributed by atoms with Gasteiger partial charge in [0.15, 0.2) is 5.17 Å². The van der Waals surface area contributed by atoms with Crippen molar-refractivity contribution in [2.24, 2.45) is 10.9 Å². The van der Waals surface area contributed by atoms with Gasteiger partial charge in [-0.3, -0.25) is 9.79 Å². The van der Waals surface area contributed by atoms with Crippen LogP contribution in [0.5, 0.6) is 0 Å². The third-order valence-corrected chi connectivity index (χ3v) is 6.61. The molecule has 2 aliphatic rings. The highest BCUT2D eigenvalue weighted by atomic mass is 79.9. The molecule has 1 saturated carbocycles. The Morgan fingerprint density at radius 3 is 2.81 bits per heavy atom. The SMILES string of the molecule is O=C(NC1=NC2(c3cccc(Br)c3)CC(O)CC2CS1)c1ccccc1. The topological polar surface area (TPSA) is 61.7 Å². The van der Waals surface area contributed by atoms with Gasteiger partial charge < -0.3 is 10.4 Å². The van der Waals surface area contributed by atoms with Gasteiger partial charge in [0.05, 0.1) is 11.6 Å². The van der Waals surface area contributed by atoms with E-state index in [1.807, 2.05) is 30.3 Å². The third-order valence-electron chi connectivity index (χ3n) is 5.08. The molecule has 1 aliphatic carbocycles. The van der Waals surface area contributed by atoms with Gasteiger partial charge in [0.1, 0.15) is 0 Å². The average molecular weight is 431 g/mol. The van der Waals surface area contributed by atoms with Crippen LogP contribution in [0.3, 0.4) is 0 Å². The maximum absolute atomic E-state index is 12.5. The summed E-state index contributed by atoms with van der Waals surface area (Å²) >= 11 is 5.09. The normalized spacial score (nSPS) is 27.5. The second-order valence-corrected chi connectivity index (χ2v) is 8.70. The van der Waals surface area contributed by atoms with Crippen molar-refractivity contribution in [2.45, 2.75) is 24.5 Å². The minimum absolute atomic E-state index is 0.154. The highest BCUT2D eigenvalue weighted by molar-refractivity contribution is 9.10. The number of fused-ring (bicyclic) bond motifs is 1. The summed E-state index contributed by atoms with van der Waals surface area (Å²) < 4.78 is 0.993. The maximum Gasteiger partial charge on any atom is 0.257 e. The standard InChI is InChI=1S/C20H19BrN2O2S/c21-16-8-4-7-14(9-16)20-11-17(24)10-15(20)12-26-19(23-20)22-18(25)13-5-2-1-3-6-13/h1-9,15,17,24H,10-12H2,(H,22,23,25). The monoisotopic (exact) mass is 430 g/mol. The highest BCUT2D eigenvalue weighted by Gasteiger charge is 2.50. The molecule has 0 aromatic heterocycles. The van der Waals surface area contributed by atoms with Crippen molar-refractivity contribution in [3.63, 3.8) is 0 Å². The fourth-order valence-electron chi connectivity index (χ4n) is 3.87. The van der Waals surface area contributed by atoms with Crippen LogP contribution >= 0.6 is 27.7 Å². The molecule has 1 aliphatic heterocycles. The van der Waals surface area contributed by atoms with E-state index in [9.17, 15) is 9.90 Å². The Bertz CT molecular complexity index is 858. The van der Waals surface area contributed by atoms with E-state index in [1.165, 1.54) is 0 Å². The van der Waals surface area contributed by atoms with Gasteiger partial charge in [-0.25, -0.2) is 0 Å². The molecule has 4 nitrogen and oxygen atoms in total. The van der Waals surface area contributed by atoms with Gasteiger partial charge in [-0.05, 0) is 36.2 Å². The van der Waals surface area contributed by atoms with Gasteiger partial charge in [0.25, 0.3) is 5.91 Å². The number of amidine groups is 1. The van der Waals surface area contributed by atoms with E-state index in [-0.39, 0.29) is 17.9 Å². The van der Waals surface area contributed by atoms with Crippen LogP contribution < -0.4 is 5.32 Å². The molecule has 2 aromatic rings. The van der Waals surface area contributed by atoms with Crippen LogP contribution in [-0.4, -0.2) is 28.0 Å². The van der Waals surface area contributed by atoms with Gasteiger partial charge in [-0.15, -0.1) is 0 Å². The highest BCUT2D eigenvalue weighted by Crippen LogP contribution is 2.51. The van der Waals surface area contributed by atoms with Crippen LogP contribution in [0.2, 0.25) is 0 Å². The van der Waals surface area contributed by atoms with E-state index in [0.29, 0.717) is 17.2 Å². The Morgan fingerprint density at radius 1 is 1.23 bits per heavy atom. The molecule has 0 bridgehead atoms. The lowest BCUT2D eigenvalue weighted by atomic mass is 9.82. The van der Waals surface area contributed by atoms with Crippen LogP contribution in [0.25, 0.3) is 0 Å². The van der Waals surface area contributed by atoms with Gasteiger partial charge in [-0.2, -0.15) is 0 Å². The van der Waals surface area contributed by atoms with Crippen LogP contribution in [0, 0.1) is 5.92 Å². The Labute approximate surface area is 165 Å². The number of aliphatic hydroxyl groups is 1. The molecule has 1 amide bonds. The second-order valence-electron chi connectivity index (χ2n) is 6.77. The first-order chi connectivity index (χ1) is 12.6. The number of carbonyl (C=O) groups is 1. The summed E-state index contributed by atoms with van der Waals surface area (Å²) in [5.41, 5.74) is 1.22. The summed E-state index contributed by atoms with van der Waals surface area (Å²) in [6.07, 6.45) is 0.954. The number of amides is 1. The molecule has 0 radical (unpaired) electrons. The molecule has 2 N–H and O–H groups in total. The number of hydrogen-bond donors (Lipinski definition) is 2. The number of nitrogens with zero attached hydrogens (tertiary/aromatic N) is 1. The lowest BCUT2D eigenvalue weighted by Crippen LogP contribution is -2.40. The summed E-state index contributed by atoms with van der Waals surface area (Å²) in [5, 5.41) is 13.9. The van der Waals surface area contributed by atoms with Gasteiger partial charge >= 0.3 is 0 Å². The third kappa shape index (κ3) is 3.33. The minimum Gasteiger partial charge on any atom is -0.393 e. The summed E-state index contributed by atoms with van der Waals surface area (Å²) in [7, 11) is 0. The predicted octanol–water partition coefficient (Wildman–Crippen LogP) is 3.95. The van der Waals surface area contributed by atoms with Gasteiger partial charge in [0.2, 0.25) is 0 Å². The fourth-order valence-corrected chi connectivity index (χ4v) is 5.43. The number of thioether (sulfide) groups is 1. The van der Waals surface area contributed by atoms with Crippen molar-refractivity contribution in [3.05, 3.63) is 70.2 Å². The van der Waals surface area contributed by atoms with Crippen LogP contribution in [0.1, 0.15) is 28.8 Å². The number of carbonyl (C=O) groups excluding carboxylic acids is 1. The van der Waals surface area contributed by atoms with Crippen LogP contribution in [-0.2, 0) is 5.54 Å². The largest absolute Gasteiger partial charge is 0.393 e. The molecule has 134 valence electrons. The summed E-state index contributed by atoms with van der Waals surface area (Å²) in [4.78, 5) is 17.5. The molecule has 1 heterocycles. The number of nitrogens with one attached hydrogen (secondary N) is 1. The maximum atomic E-state index is 12.5. The van der Waals surface area contributed by atoms with Crippen molar-refractivity contribution >= 4 is 38.8 Å². The van der Waals surface area contributed by atoms with Gasteiger partial charge in [-0.1, -0.05) is 58.0 Å². The molecule has 0 saturated heterocycles. The number of benzene rings is 2. The zero-order valence-electron chi connectivity index (χ0n) is 14.1. The Balaban J connectivity index is 1.68. The smallest absolute Gasteiger partial charge is 0.257 e. The number of aliphatic hydroxyl groups excluding tert-OH is 1. The Kier molecular flexibility index (Phi) is 4.90. The molecule has 6 heteroatoms. The molecular formula is C20H19BrN2O2S. The van der Waals surface area contributed by atoms with Crippen molar-refractivity contribution in [1.82, 2.24) is 5.32 Å². The quantitative estimate of drug-likeness (QED) is 0.757. The van der Waals surface area contributed by atoms with E-state index >= 15 is 0 Å². The second kappa shape index (κ2) is 7.18. The van der Waals surface area contributed by atoms with E-state index in [2.05, 4.69) is 33.4 Å². The number of hydrogen-bond acceptors (Lipinski definition) is 4. The molecule has 4 rings (SSSR count). The van der Waals surface area contributed by atoms with E-state index in [1.54, 1.807) is 23.9 Å². The fraction of sp³-hybridized carbons (Fsp3) is 0.300. The van der Waals surface area contributed by atoms with Crippen molar-refractivity contribution in [2.75, 3.05) is 5.75 Å². The number of halogens is 1. The van der Waals surface area contributed by atoms with Crippen molar-refractivity contribution in [1.29, 1.82) is 0 Å². The van der Waals surface area contributed by atoms with E-state index < -0.39 is 5.54 Å². The molecule has 3 atom stereocenters. The van der Waals surface area contributed by atoms with Gasteiger partial charge in [0, 0.05) is 28.1 Å². The first kappa shape index (κ1) is 17.8. The first-order valence-electron chi connectivity index (χ1n) is 8.60. The van der Waals surface area contributed by atoms with Crippen LogP contribution in [0.4, 0.5) is 0 Å². The zero-order valence-corrected chi connectivity index (χ0v) is 16.5. The lowest BCUT2D eigenvalue weighted by molar-refractivity contribution is 0.0977.